The molecule has 0 aliphatic heterocycles. The zero-order valence-electron chi connectivity index (χ0n) is 32.5. The van der Waals surface area contributed by atoms with Crippen LogP contribution in [0.4, 0.5) is 0 Å². The molecule has 54 heavy (non-hydrogen) atoms. The molecular weight excluding hydrogens is 784 g/mol. The van der Waals surface area contributed by atoms with Crippen molar-refractivity contribution in [2.45, 2.75) is 92.1 Å². The van der Waals surface area contributed by atoms with Crippen LogP contribution < -0.4 is 0 Å². The topological polar surface area (TPSA) is 204 Å². The number of aromatic nitrogens is 6. The molecule has 0 atom stereocenters. The minimum atomic E-state index is -3.97. The van der Waals surface area contributed by atoms with E-state index in [1.165, 1.54) is 0 Å². The van der Waals surface area contributed by atoms with E-state index in [4.69, 9.17) is 36.2 Å². The van der Waals surface area contributed by atoms with Crippen molar-refractivity contribution >= 4 is 30.4 Å². The summed E-state index contributed by atoms with van der Waals surface area (Å²) >= 11 is 0. The first-order valence-electron chi connectivity index (χ1n) is 18.2. The largest absolute Gasteiger partial charge is 0.346 e. The monoisotopic (exact) mass is 840 g/mol. The quantitative estimate of drug-likeness (QED) is 0.0641. The fraction of sp³-hybridized carbons (Fsp3) is 0.688. The van der Waals surface area contributed by atoms with Gasteiger partial charge in [-0.05, 0) is 66.5 Å². The molecule has 0 N–H and O–H groups in total. The van der Waals surface area contributed by atoms with Crippen LogP contribution in [0, 0.1) is 0 Å². The summed E-state index contributed by atoms with van der Waals surface area (Å²) in [5, 5.41) is 14.5. The van der Waals surface area contributed by atoms with E-state index in [2.05, 4.69) is 20.6 Å². The van der Waals surface area contributed by atoms with E-state index in [9.17, 15) is 18.3 Å². The third-order valence-corrected chi connectivity index (χ3v) is 19.6. The second-order valence-electron chi connectivity index (χ2n) is 11.5. The van der Waals surface area contributed by atoms with Crippen molar-refractivity contribution in [1.82, 2.24) is 30.0 Å². The summed E-state index contributed by atoms with van der Waals surface area (Å²) in [7, 11) is -15.9. The van der Waals surface area contributed by atoms with Crippen LogP contribution in [0.1, 0.15) is 77.9 Å². The predicted octanol–water partition coefficient (Wildman–Crippen LogP) is 7.77. The molecule has 0 fully saturated rings. The Morgan fingerprint density at radius 2 is 0.778 bits per heavy atom. The van der Waals surface area contributed by atoms with Gasteiger partial charge in [-0.15, -0.1) is 10.2 Å². The number of hydrogen-bond acceptors (Lipinski definition) is 16. The Kier molecular flexibility index (Phi) is 19.1. The number of hydrogen-bond donors (Lipinski definition) is 0. The standard InChI is InChI=1S/C32H56N6O12P4/c1-9-43-51(39,44-10-2)31(52(40,45-11-3)46-12-4)21-29-25-37(35-33-29)23-27-18-17-19-28(20-27)24-38-26-30(34-36-38)22-32(53(41,47-13-5)48-14-6)54(42,49-15-7)50-16-8/h17-20,25-26,31-32H,9-16,21-24H2,1-8H3. The molecule has 0 saturated carbocycles. The second kappa shape index (κ2) is 22.1. The summed E-state index contributed by atoms with van der Waals surface area (Å²) in [5.41, 5.74) is 2.60. The lowest BCUT2D eigenvalue weighted by Gasteiger charge is -2.30. The molecule has 0 amide bonds. The van der Waals surface area contributed by atoms with Gasteiger partial charge in [0.2, 0.25) is 0 Å². The highest BCUT2D eigenvalue weighted by atomic mass is 31.2. The van der Waals surface area contributed by atoms with Gasteiger partial charge in [-0.2, -0.15) is 0 Å². The Labute approximate surface area is 318 Å². The molecule has 3 rings (SSSR count). The SMILES string of the molecule is CCOP(=O)(OCC)C(Cc1cn(Cc2cccc(Cn3cc(CC(P(=O)(OCC)OCC)P(=O)(OCC)OCC)nn3)c2)nn1)P(=O)(OCC)OCC. The second-order valence-corrected chi connectivity index (χ2v) is 21.2. The third kappa shape index (κ3) is 12.6. The van der Waals surface area contributed by atoms with Crippen molar-refractivity contribution in [3.05, 3.63) is 59.2 Å². The van der Waals surface area contributed by atoms with Crippen LogP contribution in [0.2, 0.25) is 0 Å². The van der Waals surface area contributed by atoms with Crippen LogP contribution in [0.5, 0.6) is 0 Å². The van der Waals surface area contributed by atoms with Crippen LogP contribution in [-0.2, 0) is 80.4 Å². The number of benzene rings is 1. The zero-order valence-corrected chi connectivity index (χ0v) is 36.1. The van der Waals surface area contributed by atoms with Gasteiger partial charge in [0, 0.05) is 25.2 Å². The normalized spacial score (nSPS) is 13.1. The van der Waals surface area contributed by atoms with E-state index < -0.39 is 41.2 Å². The lowest BCUT2D eigenvalue weighted by molar-refractivity contribution is 0.193. The molecule has 0 saturated heterocycles. The molecule has 0 radical (unpaired) electrons. The summed E-state index contributed by atoms with van der Waals surface area (Å²) < 4.78 is 104. The molecule has 0 spiro atoms. The minimum absolute atomic E-state index is 0.0688. The van der Waals surface area contributed by atoms with Crippen LogP contribution in [0.15, 0.2) is 36.7 Å². The van der Waals surface area contributed by atoms with Gasteiger partial charge in [0.05, 0.1) is 77.3 Å². The summed E-state index contributed by atoms with van der Waals surface area (Å²) in [5.74, 6) is 0. The van der Waals surface area contributed by atoms with E-state index in [0.717, 1.165) is 11.1 Å². The van der Waals surface area contributed by atoms with Crippen molar-refractivity contribution in [3.63, 3.8) is 0 Å². The molecule has 1 aromatic carbocycles. The lowest BCUT2D eigenvalue weighted by atomic mass is 10.1. The average molecular weight is 841 g/mol. The Hall–Kier alpha value is -1.90. The molecule has 2 heterocycles. The Balaban J connectivity index is 1.82. The fourth-order valence-corrected chi connectivity index (χ4v) is 16.2. The van der Waals surface area contributed by atoms with Gasteiger partial charge in [-0.1, -0.05) is 34.7 Å². The molecule has 18 nitrogen and oxygen atoms in total. The van der Waals surface area contributed by atoms with E-state index in [1.807, 2.05) is 24.3 Å². The molecule has 22 heteroatoms. The van der Waals surface area contributed by atoms with Crippen molar-refractivity contribution in [1.29, 1.82) is 0 Å². The van der Waals surface area contributed by atoms with Gasteiger partial charge >= 0.3 is 30.4 Å². The highest BCUT2D eigenvalue weighted by Gasteiger charge is 2.52. The lowest BCUT2D eigenvalue weighted by Crippen LogP contribution is -2.20. The molecule has 0 unspecified atom stereocenters. The van der Waals surface area contributed by atoms with Gasteiger partial charge in [0.25, 0.3) is 0 Å². The maximum absolute atomic E-state index is 14.0. The maximum atomic E-state index is 14.0. The Morgan fingerprint density at radius 3 is 1.04 bits per heavy atom. The van der Waals surface area contributed by atoms with E-state index in [0.29, 0.717) is 24.5 Å². The van der Waals surface area contributed by atoms with Crippen LogP contribution in [-0.4, -0.2) is 93.6 Å². The van der Waals surface area contributed by atoms with Crippen molar-refractivity contribution in [2.24, 2.45) is 0 Å². The van der Waals surface area contributed by atoms with Gasteiger partial charge in [0.1, 0.15) is 0 Å². The summed E-state index contributed by atoms with van der Waals surface area (Å²) in [6.45, 7) is 14.6. The van der Waals surface area contributed by atoms with Crippen molar-refractivity contribution in [3.8, 4) is 0 Å². The molecule has 0 aliphatic rings. The summed E-state index contributed by atoms with van der Waals surface area (Å²) in [4.78, 5) is 0. The first kappa shape index (κ1) is 46.5. The Morgan fingerprint density at radius 1 is 0.500 bits per heavy atom. The molecule has 2 aromatic heterocycles. The Bertz CT molecular complexity index is 1550. The molecular formula is C32H56N6O12P4. The maximum Gasteiger partial charge on any atom is 0.346 e. The average Bonchev–Trinajstić information content (AvgIpc) is 3.76. The van der Waals surface area contributed by atoms with Gasteiger partial charge in [0.15, 0.2) is 10.8 Å². The predicted molar refractivity (Wildman–Crippen MR) is 203 cm³/mol. The first-order valence-corrected chi connectivity index (χ1v) is 24.7. The van der Waals surface area contributed by atoms with E-state index in [1.54, 1.807) is 77.1 Å². The van der Waals surface area contributed by atoms with Crippen LogP contribution in [0.25, 0.3) is 0 Å². The minimum Gasteiger partial charge on any atom is -0.308 e. The summed E-state index contributed by atoms with van der Waals surface area (Å²) in [6, 6.07) is 7.73. The van der Waals surface area contributed by atoms with Gasteiger partial charge < -0.3 is 36.2 Å². The molecule has 0 bridgehead atoms. The number of nitrogens with zero attached hydrogens (tertiary/aromatic N) is 6. The van der Waals surface area contributed by atoms with Gasteiger partial charge in [-0.3, -0.25) is 18.3 Å². The van der Waals surface area contributed by atoms with Crippen LogP contribution in [0.3, 0.4) is 0 Å². The van der Waals surface area contributed by atoms with E-state index in [-0.39, 0.29) is 65.7 Å². The highest BCUT2D eigenvalue weighted by molar-refractivity contribution is 7.73. The first-order chi connectivity index (χ1) is 25.8. The smallest absolute Gasteiger partial charge is 0.308 e. The van der Waals surface area contributed by atoms with Crippen LogP contribution >= 0.6 is 30.4 Å². The number of rotatable bonds is 28. The molecule has 3 aromatic rings. The van der Waals surface area contributed by atoms with Crippen molar-refractivity contribution in [2.75, 3.05) is 52.9 Å². The fourth-order valence-electron chi connectivity index (χ4n) is 5.66. The van der Waals surface area contributed by atoms with E-state index >= 15 is 0 Å². The van der Waals surface area contributed by atoms with Gasteiger partial charge in [-0.25, -0.2) is 9.36 Å². The zero-order chi connectivity index (χ0) is 39.8. The molecule has 0 aliphatic carbocycles. The highest BCUT2D eigenvalue weighted by Crippen LogP contribution is 2.72. The third-order valence-electron chi connectivity index (χ3n) is 7.57. The summed E-state index contributed by atoms with van der Waals surface area (Å²) in [6.07, 6.45) is 3.19. The van der Waals surface area contributed by atoms with Crippen molar-refractivity contribution < 1.29 is 54.5 Å². The molecule has 306 valence electrons.